The van der Waals surface area contributed by atoms with Crippen molar-refractivity contribution in [1.29, 1.82) is 0 Å². The number of hydrogen-bond acceptors (Lipinski definition) is 4. The van der Waals surface area contributed by atoms with Crippen LogP contribution in [0.5, 0.6) is 0 Å². The van der Waals surface area contributed by atoms with Crippen molar-refractivity contribution >= 4 is 22.6 Å². The van der Waals surface area contributed by atoms with Gasteiger partial charge in [-0.2, -0.15) is 0 Å². The predicted molar refractivity (Wildman–Crippen MR) is 95.8 cm³/mol. The third kappa shape index (κ3) is 3.19. The molecule has 2 atom stereocenters. The molecule has 1 N–H and O–H groups in total. The number of rotatable bonds is 1. The van der Waals surface area contributed by atoms with Crippen LogP contribution in [-0.2, 0) is 9.47 Å². The third-order valence-electron chi connectivity index (χ3n) is 4.85. The number of hydrogen-bond donors (Lipinski definition) is 1. The van der Waals surface area contributed by atoms with Gasteiger partial charge >= 0.3 is 6.03 Å². The molecular formula is C19H23N3O3. The van der Waals surface area contributed by atoms with Gasteiger partial charge in [0.1, 0.15) is 5.60 Å². The second kappa shape index (κ2) is 6.28. The van der Waals surface area contributed by atoms with E-state index in [2.05, 4.69) is 16.4 Å². The van der Waals surface area contributed by atoms with Crippen molar-refractivity contribution < 1.29 is 14.3 Å². The lowest BCUT2D eigenvalue weighted by molar-refractivity contribution is -0.136. The number of benzene rings is 1. The van der Waals surface area contributed by atoms with E-state index in [1.807, 2.05) is 36.9 Å². The quantitative estimate of drug-likeness (QED) is 0.866. The molecule has 6 nitrogen and oxygen atoms in total. The van der Waals surface area contributed by atoms with Crippen molar-refractivity contribution in [3.8, 4) is 0 Å². The highest BCUT2D eigenvalue weighted by molar-refractivity contribution is 6.00. The molecule has 2 fully saturated rings. The van der Waals surface area contributed by atoms with Crippen LogP contribution in [0.4, 0.5) is 10.5 Å². The lowest BCUT2D eigenvalue weighted by Gasteiger charge is -2.42. The number of aryl methyl sites for hydroxylation is 1. The van der Waals surface area contributed by atoms with Gasteiger partial charge in [-0.15, -0.1) is 0 Å². The minimum Gasteiger partial charge on any atom is -0.378 e. The van der Waals surface area contributed by atoms with Crippen LogP contribution in [0, 0.1) is 6.92 Å². The van der Waals surface area contributed by atoms with E-state index in [9.17, 15) is 4.79 Å². The summed E-state index contributed by atoms with van der Waals surface area (Å²) in [5, 5.41) is 4.07. The van der Waals surface area contributed by atoms with Crippen molar-refractivity contribution in [1.82, 2.24) is 9.88 Å². The number of aromatic nitrogens is 1. The number of amides is 2. The maximum atomic E-state index is 12.9. The minimum atomic E-state index is -0.359. The summed E-state index contributed by atoms with van der Waals surface area (Å²) in [6, 6.07) is 7.83. The van der Waals surface area contributed by atoms with Crippen LogP contribution < -0.4 is 5.32 Å². The van der Waals surface area contributed by atoms with Gasteiger partial charge in [0.15, 0.2) is 0 Å². The lowest BCUT2D eigenvalue weighted by atomic mass is 9.99. The van der Waals surface area contributed by atoms with Gasteiger partial charge in [-0.25, -0.2) is 4.79 Å². The molecule has 0 bridgehead atoms. The van der Waals surface area contributed by atoms with E-state index in [-0.39, 0.29) is 17.7 Å². The number of nitrogens with zero attached hydrogens (tertiary/aromatic N) is 2. The predicted octanol–water partition coefficient (Wildman–Crippen LogP) is 2.95. The number of urea groups is 1. The maximum Gasteiger partial charge on any atom is 0.322 e. The number of nitrogens with one attached hydrogen (secondary N) is 1. The van der Waals surface area contributed by atoms with Crippen molar-refractivity contribution in [2.24, 2.45) is 0 Å². The average Bonchev–Trinajstić information content (AvgIpc) is 3.01. The normalized spacial score (nSPS) is 26.3. The van der Waals surface area contributed by atoms with Crippen molar-refractivity contribution in [3.05, 3.63) is 36.0 Å². The molecular weight excluding hydrogens is 318 g/mol. The van der Waals surface area contributed by atoms with E-state index >= 15 is 0 Å². The highest BCUT2D eigenvalue weighted by Crippen LogP contribution is 2.31. The smallest absolute Gasteiger partial charge is 0.322 e. The number of morpholine rings is 1. The molecule has 1 aromatic carbocycles. The molecule has 6 heteroatoms. The van der Waals surface area contributed by atoms with Gasteiger partial charge in [0.05, 0.1) is 30.5 Å². The van der Waals surface area contributed by atoms with Gasteiger partial charge in [-0.1, -0.05) is 6.07 Å². The van der Waals surface area contributed by atoms with Gasteiger partial charge < -0.3 is 19.7 Å². The summed E-state index contributed by atoms with van der Waals surface area (Å²) in [4.78, 5) is 19.2. The summed E-state index contributed by atoms with van der Waals surface area (Å²) < 4.78 is 11.6. The number of fused-ring (bicyclic) bond motifs is 1. The number of carbonyl (C=O) groups excluding carboxylic acids is 1. The summed E-state index contributed by atoms with van der Waals surface area (Å²) in [7, 11) is 0. The Labute approximate surface area is 147 Å². The molecule has 0 aliphatic carbocycles. The average molecular weight is 341 g/mol. The number of anilines is 1. The first kappa shape index (κ1) is 16.3. The van der Waals surface area contributed by atoms with Crippen LogP contribution in [0.2, 0.25) is 0 Å². The van der Waals surface area contributed by atoms with Gasteiger partial charge in [0.2, 0.25) is 0 Å². The molecule has 1 spiro atoms. The molecule has 25 heavy (non-hydrogen) atoms. The third-order valence-corrected chi connectivity index (χ3v) is 4.85. The fourth-order valence-electron chi connectivity index (χ4n) is 3.82. The van der Waals surface area contributed by atoms with Crippen molar-refractivity contribution in [2.45, 2.75) is 32.0 Å². The van der Waals surface area contributed by atoms with Gasteiger partial charge in [-0.3, -0.25) is 4.98 Å². The standard InChI is InChI=1S/C19H23N3O3/c1-13-8-15-4-3-6-20-17(15)16(9-13)21-18(23)22-10-14(2)25-19(11-22)5-7-24-12-19/h3-4,6,8-9,14H,5,7,10-12H2,1-2H3,(H,21,23)/t14-,19+/m0/s1. The second-order valence-electron chi connectivity index (χ2n) is 7.11. The highest BCUT2D eigenvalue weighted by atomic mass is 16.6. The Kier molecular flexibility index (Phi) is 4.09. The Hall–Kier alpha value is -2.18. The van der Waals surface area contributed by atoms with Crippen LogP contribution in [0.25, 0.3) is 10.9 Å². The van der Waals surface area contributed by atoms with Crippen molar-refractivity contribution in [2.75, 3.05) is 31.6 Å². The van der Waals surface area contributed by atoms with Crippen LogP contribution in [0.1, 0.15) is 18.9 Å². The Balaban J connectivity index is 1.58. The van der Waals surface area contributed by atoms with E-state index in [1.165, 1.54) is 0 Å². The first-order valence-electron chi connectivity index (χ1n) is 8.72. The molecule has 2 aliphatic rings. The molecule has 0 saturated carbocycles. The zero-order valence-electron chi connectivity index (χ0n) is 14.6. The number of ether oxygens (including phenoxy) is 2. The van der Waals surface area contributed by atoms with Crippen LogP contribution in [0.15, 0.2) is 30.5 Å². The number of carbonyl (C=O) groups is 1. The molecule has 2 aliphatic heterocycles. The van der Waals surface area contributed by atoms with Crippen LogP contribution in [-0.4, -0.2) is 53.9 Å². The van der Waals surface area contributed by atoms with Crippen molar-refractivity contribution in [3.63, 3.8) is 0 Å². The molecule has 0 unspecified atom stereocenters. The molecule has 3 heterocycles. The van der Waals surface area contributed by atoms with Gasteiger partial charge in [-0.05, 0) is 37.6 Å². The molecule has 2 amide bonds. The largest absolute Gasteiger partial charge is 0.378 e. The molecule has 132 valence electrons. The van der Waals surface area contributed by atoms with Crippen LogP contribution in [0.3, 0.4) is 0 Å². The zero-order chi connectivity index (χ0) is 17.4. The Bertz CT molecular complexity index is 802. The SMILES string of the molecule is Cc1cc(NC(=O)N2C[C@H](C)O[C@]3(CCOC3)C2)c2ncccc2c1. The van der Waals surface area contributed by atoms with E-state index in [0.717, 1.165) is 28.6 Å². The lowest BCUT2D eigenvalue weighted by Crippen LogP contribution is -2.57. The monoisotopic (exact) mass is 341 g/mol. The Morgan fingerprint density at radius 1 is 1.44 bits per heavy atom. The zero-order valence-corrected chi connectivity index (χ0v) is 14.6. The minimum absolute atomic E-state index is 0.00595. The number of pyridine rings is 1. The first-order valence-corrected chi connectivity index (χ1v) is 8.72. The van der Waals surface area contributed by atoms with Gasteiger partial charge in [0, 0.05) is 31.2 Å². The van der Waals surface area contributed by atoms with E-state index in [4.69, 9.17) is 9.47 Å². The summed E-state index contributed by atoms with van der Waals surface area (Å²) in [5.41, 5.74) is 2.28. The molecule has 2 saturated heterocycles. The Morgan fingerprint density at radius 3 is 3.12 bits per heavy atom. The molecule has 0 radical (unpaired) electrons. The first-order chi connectivity index (χ1) is 12.0. The summed E-state index contributed by atoms with van der Waals surface area (Å²) >= 11 is 0. The van der Waals surface area contributed by atoms with E-state index in [0.29, 0.717) is 26.3 Å². The topological polar surface area (TPSA) is 63.7 Å². The highest BCUT2D eigenvalue weighted by Gasteiger charge is 2.44. The summed E-state index contributed by atoms with van der Waals surface area (Å²) in [5.74, 6) is 0. The summed E-state index contributed by atoms with van der Waals surface area (Å²) in [6.45, 7) is 6.39. The fourth-order valence-corrected chi connectivity index (χ4v) is 3.82. The van der Waals surface area contributed by atoms with Crippen LogP contribution >= 0.6 is 0 Å². The maximum absolute atomic E-state index is 12.9. The molecule has 4 rings (SSSR count). The fraction of sp³-hybridized carbons (Fsp3) is 0.474. The van der Waals surface area contributed by atoms with Gasteiger partial charge in [0.25, 0.3) is 0 Å². The summed E-state index contributed by atoms with van der Waals surface area (Å²) in [6.07, 6.45) is 2.57. The van der Waals surface area contributed by atoms with E-state index < -0.39 is 0 Å². The molecule has 2 aromatic rings. The Morgan fingerprint density at radius 2 is 2.32 bits per heavy atom. The second-order valence-corrected chi connectivity index (χ2v) is 7.11. The van der Waals surface area contributed by atoms with E-state index in [1.54, 1.807) is 6.20 Å². The molecule has 1 aromatic heterocycles.